The average Bonchev–Trinajstić information content (AvgIpc) is 3.08. The smallest absolute Gasteiger partial charge is 0.266 e. The molecule has 0 saturated heterocycles. The molecule has 0 fully saturated rings. The molecular formula is C18H9ClF3N3OS. The minimum Gasteiger partial charge on any atom is -0.266 e. The number of halogens is 4. The Kier molecular flexibility index (Phi) is 4.45. The molecule has 0 atom stereocenters. The maximum atomic E-state index is 14.1. The summed E-state index contributed by atoms with van der Waals surface area (Å²) >= 11 is 7.03. The second-order valence-electron chi connectivity index (χ2n) is 5.68. The van der Waals surface area contributed by atoms with Crippen LogP contribution in [-0.4, -0.2) is 14.5 Å². The van der Waals surface area contributed by atoms with Crippen molar-refractivity contribution in [3.63, 3.8) is 0 Å². The Hall–Kier alpha value is -2.71. The van der Waals surface area contributed by atoms with Crippen molar-refractivity contribution in [2.24, 2.45) is 0 Å². The van der Waals surface area contributed by atoms with Crippen molar-refractivity contribution in [1.82, 2.24) is 14.5 Å². The van der Waals surface area contributed by atoms with Crippen LogP contribution in [0.3, 0.4) is 0 Å². The summed E-state index contributed by atoms with van der Waals surface area (Å²) in [6.45, 7) is 0. The molecule has 0 aliphatic rings. The lowest BCUT2D eigenvalue weighted by molar-refractivity contribution is 0.525. The van der Waals surface area contributed by atoms with Crippen molar-refractivity contribution in [1.29, 1.82) is 0 Å². The molecule has 0 aliphatic carbocycles. The Morgan fingerprint density at radius 2 is 1.74 bits per heavy atom. The Morgan fingerprint density at radius 1 is 1.07 bits per heavy atom. The van der Waals surface area contributed by atoms with Crippen LogP contribution >= 0.6 is 22.9 Å². The summed E-state index contributed by atoms with van der Waals surface area (Å²) in [7, 11) is 0. The van der Waals surface area contributed by atoms with Crippen LogP contribution in [0.25, 0.3) is 16.0 Å². The Balaban J connectivity index is 1.96. The molecule has 0 bridgehead atoms. The molecule has 0 saturated carbocycles. The van der Waals surface area contributed by atoms with Gasteiger partial charge >= 0.3 is 0 Å². The molecule has 0 radical (unpaired) electrons. The third kappa shape index (κ3) is 3.22. The van der Waals surface area contributed by atoms with Gasteiger partial charge in [-0.2, -0.15) is 0 Å². The molecule has 2 heterocycles. The topological polar surface area (TPSA) is 47.8 Å². The monoisotopic (exact) mass is 407 g/mol. The van der Waals surface area contributed by atoms with Gasteiger partial charge < -0.3 is 0 Å². The van der Waals surface area contributed by atoms with Gasteiger partial charge in [0.1, 0.15) is 23.3 Å². The van der Waals surface area contributed by atoms with E-state index in [4.69, 9.17) is 11.6 Å². The molecule has 136 valence electrons. The number of aromatic nitrogens is 3. The highest BCUT2D eigenvalue weighted by atomic mass is 35.5. The fourth-order valence-corrected chi connectivity index (χ4v) is 3.52. The molecule has 0 aliphatic heterocycles. The first kappa shape index (κ1) is 17.7. The van der Waals surface area contributed by atoms with Gasteiger partial charge in [-0.3, -0.25) is 9.36 Å². The van der Waals surface area contributed by atoms with Crippen LogP contribution in [0.4, 0.5) is 13.2 Å². The van der Waals surface area contributed by atoms with Crippen molar-refractivity contribution in [3.05, 3.63) is 86.1 Å². The van der Waals surface area contributed by atoms with Gasteiger partial charge in [-0.05, 0) is 24.3 Å². The molecular weight excluding hydrogens is 399 g/mol. The first-order valence-corrected chi connectivity index (χ1v) is 8.94. The van der Waals surface area contributed by atoms with Gasteiger partial charge in [0.2, 0.25) is 0 Å². The van der Waals surface area contributed by atoms with Gasteiger partial charge in [-0.15, -0.1) is 11.3 Å². The Labute approximate surface area is 159 Å². The SMILES string of the molecule is O=c1c2ncsc2nc(Cc2c(F)cc(F)cc2F)n1-c1ccc(Cl)cc1. The standard InChI is InChI=1S/C18H9ClF3N3OS/c19-9-1-3-11(4-2-9)25-15(24-17-16(18(25)26)23-8-27-17)7-12-13(21)5-10(20)6-14(12)22/h1-6,8H,7H2. The molecule has 9 heteroatoms. The largest absolute Gasteiger partial charge is 0.285 e. The highest BCUT2D eigenvalue weighted by molar-refractivity contribution is 7.16. The lowest BCUT2D eigenvalue weighted by Gasteiger charge is -2.13. The van der Waals surface area contributed by atoms with E-state index in [9.17, 15) is 18.0 Å². The quantitative estimate of drug-likeness (QED) is 0.502. The zero-order valence-corrected chi connectivity index (χ0v) is 15.0. The molecule has 0 unspecified atom stereocenters. The molecule has 0 N–H and O–H groups in total. The third-order valence-electron chi connectivity index (χ3n) is 3.97. The fraction of sp³-hybridized carbons (Fsp3) is 0.0556. The number of nitrogens with zero attached hydrogens (tertiary/aromatic N) is 3. The van der Waals surface area contributed by atoms with Crippen molar-refractivity contribution < 1.29 is 13.2 Å². The summed E-state index contributed by atoms with van der Waals surface area (Å²) in [4.78, 5) is 21.6. The maximum absolute atomic E-state index is 14.1. The summed E-state index contributed by atoms with van der Waals surface area (Å²) < 4.78 is 42.6. The minimum absolute atomic E-state index is 0.100. The van der Waals surface area contributed by atoms with E-state index in [2.05, 4.69) is 9.97 Å². The predicted molar refractivity (Wildman–Crippen MR) is 97.1 cm³/mol. The van der Waals surface area contributed by atoms with E-state index in [-0.39, 0.29) is 23.3 Å². The number of fused-ring (bicyclic) bond motifs is 1. The maximum Gasteiger partial charge on any atom is 0.285 e. The van der Waals surface area contributed by atoms with Crippen molar-refractivity contribution in [2.45, 2.75) is 6.42 Å². The summed E-state index contributed by atoms with van der Waals surface area (Å²) in [5.41, 5.74) is 1.19. The number of rotatable bonds is 3. The molecule has 4 aromatic rings. The van der Waals surface area contributed by atoms with E-state index >= 15 is 0 Å². The van der Waals surface area contributed by atoms with E-state index in [1.54, 1.807) is 24.3 Å². The Morgan fingerprint density at radius 3 is 2.41 bits per heavy atom. The third-order valence-corrected chi connectivity index (χ3v) is 4.94. The van der Waals surface area contributed by atoms with Gasteiger partial charge in [0.25, 0.3) is 5.56 Å². The van der Waals surface area contributed by atoms with E-state index in [1.807, 2.05) is 0 Å². The zero-order chi connectivity index (χ0) is 19.1. The lowest BCUT2D eigenvalue weighted by atomic mass is 10.1. The molecule has 4 nitrogen and oxygen atoms in total. The van der Waals surface area contributed by atoms with Gasteiger partial charge in [0, 0.05) is 29.1 Å². The van der Waals surface area contributed by atoms with Crippen LogP contribution in [0.5, 0.6) is 0 Å². The van der Waals surface area contributed by atoms with Gasteiger partial charge in [-0.1, -0.05) is 11.6 Å². The summed E-state index contributed by atoms with van der Waals surface area (Å²) in [5.74, 6) is -3.01. The molecule has 27 heavy (non-hydrogen) atoms. The molecule has 2 aromatic heterocycles. The first-order chi connectivity index (χ1) is 12.9. The van der Waals surface area contributed by atoms with Gasteiger partial charge in [0.15, 0.2) is 10.3 Å². The second-order valence-corrected chi connectivity index (χ2v) is 6.95. The van der Waals surface area contributed by atoms with E-state index in [1.165, 1.54) is 10.1 Å². The number of hydrogen-bond donors (Lipinski definition) is 0. The minimum atomic E-state index is -1.05. The second kappa shape index (κ2) is 6.79. The fourth-order valence-electron chi connectivity index (χ4n) is 2.73. The predicted octanol–water partition coefficient (Wildman–Crippen LogP) is 4.50. The molecule has 2 aromatic carbocycles. The van der Waals surface area contributed by atoms with Crippen LogP contribution in [0.2, 0.25) is 5.02 Å². The zero-order valence-electron chi connectivity index (χ0n) is 13.4. The van der Waals surface area contributed by atoms with Gasteiger partial charge in [-0.25, -0.2) is 23.1 Å². The van der Waals surface area contributed by atoms with Crippen LogP contribution in [0.1, 0.15) is 11.4 Å². The highest BCUT2D eigenvalue weighted by Crippen LogP contribution is 2.22. The van der Waals surface area contributed by atoms with Crippen LogP contribution in [0, 0.1) is 17.5 Å². The van der Waals surface area contributed by atoms with E-state index in [0.29, 0.717) is 27.7 Å². The van der Waals surface area contributed by atoms with Crippen LogP contribution in [-0.2, 0) is 6.42 Å². The molecule has 0 spiro atoms. The van der Waals surface area contributed by atoms with E-state index in [0.717, 1.165) is 11.3 Å². The van der Waals surface area contributed by atoms with Crippen LogP contribution in [0.15, 0.2) is 46.7 Å². The summed E-state index contributed by atoms with van der Waals surface area (Å²) in [6.07, 6.45) is -0.344. The molecule has 0 amide bonds. The van der Waals surface area contributed by atoms with Crippen molar-refractivity contribution in [2.75, 3.05) is 0 Å². The summed E-state index contributed by atoms with van der Waals surface area (Å²) in [6, 6.07) is 7.52. The number of hydrogen-bond acceptors (Lipinski definition) is 4. The Bertz CT molecular complexity index is 1200. The summed E-state index contributed by atoms with van der Waals surface area (Å²) in [5, 5.41) is 0.465. The number of benzene rings is 2. The first-order valence-electron chi connectivity index (χ1n) is 7.68. The highest BCUT2D eigenvalue weighted by Gasteiger charge is 2.19. The average molecular weight is 408 g/mol. The molecule has 4 rings (SSSR count). The van der Waals surface area contributed by atoms with E-state index < -0.39 is 23.0 Å². The number of thiazole rings is 1. The van der Waals surface area contributed by atoms with Crippen molar-refractivity contribution in [3.8, 4) is 5.69 Å². The van der Waals surface area contributed by atoms with Crippen LogP contribution < -0.4 is 5.56 Å². The normalized spacial score (nSPS) is 11.3. The van der Waals surface area contributed by atoms with Crippen molar-refractivity contribution >= 4 is 33.3 Å². The lowest BCUT2D eigenvalue weighted by Crippen LogP contribution is -2.24. The van der Waals surface area contributed by atoms with Gasteiger partial charge in [0.05, 0.1) is 11.2 Å².